The second-order valence-electron chi connectivity index (χ2n) is 6.31. The lowest BCUT2D eigenvalue weighted by Crippen LogP contribution is -2.45. The molecule has 2 aromatic carbocycles. The third-order valence-electron chi connectivity index (χ3n) is 4.46. The Kier molecular flexibility index (Phi) is 9.16. The van der Waals surface area contributed by atoms with Crippen LogP contribution >= 0.6 is 24.8 Å². The first-order valence-electron chi connectivity index (χ1n) is 8.52. The summed E-state index contributed by atoms with van der Waals surface area (Å²) in [6.07, 6.45) is -4.79. The van der Waals surface area contributed by atoms with Crippen molar-refractivity contribution in [3.8, 4) is 11.5 Å². The minimum Gasteiger partial charge on any atom is -0.508 e. The highest BCUT2D eigenvalue weighted by atomic mass is 35.5. The Morgan fingerprint density at radius 2 is 1.70 bits per heavy atom. The van der Waals surface area contributed by atoms with Gasteiger partial charge in [-0.05, 0) is 23.8 Å². The predicted molar refractivity (Wildman–Crippen MR) is 109 cm³/mol. The molecule has 0 aliphatic carbocycles. The van der Waals surface area contributed by atoms with E-state index in [9.17, 15) is 28.4 Å². The molecule has 1 heterocycles. The van der Waals surface area contributed by atoms with Crippen molar-refractivity contribution in [2.45, 2.75) is 12.4 Å². The Hall–Kier alpha value is -2.27. The quantitative estimate of drug-likeness (QED) is 0.507. The normalized spacial score (nSPS) is 15.4. The summed E-state index contributed by atoms with van der Waals surface area (Å²) in [5, 5.41) is 24.7. The summed E-state index contributed by atoms with van der Waals surface area (Å²) >= 11 is 0. The molecule has 1 atom stereocenters. The summed E-state index contributed by atoms with van der Waals surface area (Å²) in [4.78, 5) is 12.6. The average molecular weight is 470 g/mol. The molecule has 0 radical (unpaired) electrons. The molecule has 1 aliphatic rings. The van der Waals surface area contributed by atoms with E-state index in [1.807, 2.05) is 4.90 Å². The predicted octanol–water partition coefficient (Wildman–Crippen LogP) is 4.04. The van der Waals surface area contributed by atoms with E-state index in [1.165, 1.54) is 42.5 Å². The van der Waals surface area contributed by atoms with Crippen LogP contribution in [0.3, 0.4) is 0 Å². The number of nitrogens with zero attached hydrogens (tertiary/aromatic N) is 2. The number of piperazine rings is 1. The molecule has 1 saturated heterocycles. The van der Waals surface area contributed by atoms with Gasteiger partial charge in [0.1, 0.15) is 11.5 Å². The van der Waals surface area contributed by atoms with Gasteiger partial charge in [0, 0.05) is 43.9 Å². The summed E-state index contributed by atoms with van der Waals surface area (Å²) in [5.74, 6) is -0.483. The smallest absolute Gasteiger partial charge is 0.508 e. The molecular weight excluding hydrogens is 450 g/mol. The van der Waals surface area contributed by atoms with Gasteiger partial charge in [-0.3, -0.25) is 15.0 Å². The van der Waals surface area contributed by atoms with Crippen molar-refractivity contribution in [1.82, 2.24) is 10.2 Å². The number of phenolic OH excluding ortho intramolecular Hbond substituents is 1. The maximum atomic E-state index is 12.4. The summed E-state index contributed by atoms with van der Waals surface area (Å²) in [6, 6.07) is 8.50. The molecule has 0 unspecified atom stereocenters. The Morgan fingerprint density at radius 3 is 2.23 bits per heavy atom. The first kappa shape index (κ1) is 25.8. The van der Waals surface area contributed by atoms with Crippen LogP contribution in [-0.4, -0.2) is 47.5 Å². The van der Waals surface area contributed by atoms with Crippen LogP contribution in [0.1, 0.15) is 17.2 Å². The number of benzene rings is 2. The van der Waals surface area contributed by atoms with E-state index in [0.29, 0.717) is 37.3 Å². The van der Waals surface area contributed by atoms with Crippen molar-refractivity contribution in [3.63, 3.8) is 0 Å². The molecule has 30 heavy (non-hydrogen) atoms. The summed E-state index contributed by atoms with van der Waals surface area (Å²) in [5.41, 5.74) is 0.734. The minimum atomic E-state index is -4.79. The zero-order chi connectivity index (χ0) is 20.3. The van der Waals surface area contributed by atoms with Gasteiger partial charge in [0.25, 0.3) is 5.69 Å². The monoisotopic (exact) mass is 469 g/mol. The second kappa shape index (κ2) is 10.7. The topological polar surface area (TPSA) is 87.9 Å². The molecule has 0 amide bonds. The molecule has 3 rings (SSSR count). The highest BCUT2D eigenvalue weighted by Crippen LogP contribution is 2.37. The highest BCUT2D eigenvalue weighted by molar-refractivity contribution is 5.85. The SMILES string of the molecule is Cl.Cl.O=[N+]([O-])c1ccc(O)c([C@@H](c2ccc(OC(F)(F)F)cc2)N2CCNCC2)c1. The Labute approximate surface area is 182 Å². The van der Waals surface area contributed by atoms with E-state index in [1.54, 1.807) is 0 Å². The van der Waals surface area contributed by atoms with E-state index < -0.39 is 17.3 Å². The van der Waals surface area contributed by atoms with E-state index in [0.717, 1.165) is 0 Å². The Balaban J connectivity index is 0.00000225. The van der Waals surface area contributed by atoms with Crippen LogP contribution < -0.4 is 10.1 Å². The fourth-order valence-electron chi connectivity index (χ4n) is 3.25. The lowest BCUT2D eigenvalue weighted by molar-refractivity contribution is -0.385. The van der Waals surface area contributed by atoms with E-state index in [-0.39, 0.29) is 42.0 Å². The number of hydrogen-bond donors (Lipinski definition) is 2. The van der Waals surface area contributed by atoms with Gasteiger partial charge >= 0.3 is 6.36 Å². The molecule has 7 nitrogen and oxygen atoms in total. The average Bonchev–Trinajstić information content (AvgIpc) is 2.64. The van der Waals surface area contributed by atoms with Crippen molar-refractivity contribution in [2.75, 3.05) is 26.2 Å². The Bertz CT molecular complexity index is 848. The Morgan fingerprint density at radius 1 is 1.10 bits per heavy atom. The zero-order valence-electron chi connectivity index (χ0n) is 15.5. The van der Waals surface area contributed by atoms with Crippen LogP contribution in [0.4, 0.5) is 18.9 Å². The molecule has 1 aliphatic heterocycles. The molecule has 0 bridgehead atoms. The zero-order valence-corrected chi connectivity index (χ0v) is 17.1. The van der Waals surface area contributed by atoms with Gasteiger partial charge in [0.05, 0.1) is 11.0 Å². The van der Waals surface area contributed by atoms with Crippen LogP contribution in [0.25, 0.3) is 0 Å². The molecule has 12 heteroatoms. The molecule has 2 N–H and O–H groups in total. The van der Waals surface area contributed by atoms with Gasteiger partial charge in [-0.1, -0.05) is 12.1 Å². The number of rotatable bonds is 5. The van der Waals surface area contributed by atoms with E-state index >= 15 is 0 Å². The van der Waals surface area contributed by atoms with Gasteiger partial charge in [0.15, 0.2) is 0 Å². The maximum Gasteiger partial charge on any atom is 0.573 e. The first-order valence-corrected chi connectivity index (χ1v) is 8.52. The number of halogens is 5. The number of ether oxygens (including phenoxy) is 1. The van der Waals surface area contributed by atoms with Crippen molar-refractivity contribution >= 4 is 30.5 Å². The van der Waals surface area contributed by atoms with Gasteiger partial charge in [-0.2, -0.15) is 0 Å². The summed E-state index contributed by atoms with van der Waals surface area (Å²) in [7, 11) is 0. The van der Waals surface area contributed by atoms with Gasteiger partial charge < -0.3 is 15.2 Å². The van der Waals surface area contributed by atoms with Crippen molar-refractivity contribution in [1.29, 1.82) is 0 Å². The largest absolute Gasteiger partial charge is 0.573 e. The van der Waals surface area contributed by atoms with E-state index in [2.05, 4.69) is 10.1 Å². The molecule has 0 aromatic heterocycles. The second-order valence-corrected chi connectivity index (χ2v) is 6.31. The number of alkyl halides is 3. The molecule has 0 spiro atoms. The lowest BCUT2D eigenvalue weighted by Gasteiger charge is -2.35. The number of non-ortho nitro benzene ring substituents is 1. The van der Waals surface area contributed by atoms with Gasteiger partial charge in [-0.15, -0.1) is 38.0 Å². The number of phenols is 1. The fourth-order valence-corrected chi connectivity index (χ4v) is 3.25. The molecule has 166 valence electrons. The molecule has 0 saturated carbocycles. The van der Waals surface area contributed by atoms with Crippen LogP contribution in [0.2, 0.25) is 0 Å². The van der Waals surface area contributed by atoms with Crippen LogP contribution in [-0.2, 0) is 0 Å². The molecular formula is C18H20Cl2F3N3O4. The maximum absolute atomic E-state index is 12.4. The third kappa shape index (κ3) is 6.36. The van der Waals surface area contributed by atoms with Gasteiger partial charge in [-0.25, -0.2) is 0 Å². The highest BCUT2D eigenvalue weighted by Gasteiger charge is 2.32. The summed E-state index contributed by atoms with van der Waals surface area (Å²) in [6.45, 7) is 2.57. The molecule has 2 aromatic rings. The third-order valence-corrected chi connectivity index (χ3v) is 4.46. The van der Waals surface area contributed by atoms with Crippen molar-refractivity contribution < 1.29 is 27.9 Å². The van der Waals surface area contributed by atoms with Crippen molar-refractivity contribution in [3.05, 3.63) is 63.7 Å². The summed E-state index contributed by atoms with van der Waals surface area (Å²) < 4.78 is 41.1. The lowest BCUT2D eigenvalue weighted by atomic mass is 9.95. The minimum absolute atomic E-state index is 0. The van der Waals surface area contributed by atoms with Gasteiger partial charge in [0.2, 0.25) is 0 Å². The van der Waals surface area contributed by atoms with E-state index in [4.69, 9.17) is 0 Å². The van der Waals surface area contributed by atoms with Crippen LogP contribution in [0.5, 0.6) is 11.5 Å². The molecule has 1 fully saturated rings. The van der Waals surface area contributed by atoms with Crippen molar-refractivity contribution in [2.24, 2.45) is 0 Å². The van der Waals surface area contributed by atoms with Crippen LogP contribution in [0, 0.1) is 10.1 Å². The fraction of sp³-hybridized carbons (Fsp3) is 0.333. The first-order chi connectivity index (χ1) is 13.2. The number of aromatic hydroxyl groups is 1. The number of nitro groups is 1. The standard InChI is InChI=1S/C18H18F3N3O4.2ClH/c19-18(20,21)28-14-4-1-12(2-5-14)17(23-9-7-22-8-10-23)15-11-13(24(26)27)3-6-16(15)25;;/h1-6,11,17,22,25H,7-10H2;2*1H/t17-;;/m1../s1. The number of nitro benzene ring substituents is 1. The number of hydrogen-bond acceptors (Lipinski definition) is 6. The number of nitrogens with one attached hydrogen (secondary N) is 1. The van der Waals surface area contributed by atoms with Crippen LogP contribution in [0.15, 0.2) is 42.5 Å².